The van der Waals surface area contributed by atoms with Gasteiger partial charge in [-0.1, -0.05) is 40.2 Å². The molecule has 3 rings (SSSR count). The van der Waals surface area contributed by atoms with Crippen molar-refractivity contribution in [2.45, 2.75) is 19.8 Å². The number of halogens is 1. The average molecular weight is 387 g/mol. The van der Waals surface area contributed by atoms with E-state index in [-0.39, 0.29) is 0 Å². The van der Waals surface area contributed by atoms with Crippen LogP contribution < -0.4 is 4.74 Å². The van der Waals surface area contributed by atoms with E-state index >= 15 is 0 Å². The molecule has 0 amide bonds. The highest BCUT2D eigenvalue weighted by Crippen LogP contribution is 2.25. The Bertz CT molecular complexity index is 742. The van der Waals surface area contributed by atoms with Crippen molar-refractivity contribution in [1.82, 2.24) is 4.90 Å². The van der Waals surface area contributed by atoms with Crippen molar-refractivity contribution in [1.29, 1.82) is 0 Å². The molecule has 1 heterocycles. The van der Waals surface area contributed by atoms with Crippen molar-refractivity contribution in [2.75, 3.05) is 26.7 Å². The van der Waals surface area contributed by atoms with E-state index < -0.39 is 0 Å². The van der Waals surface area contributed by atoms with Gasteiger partial charge in [0.2, 0.25) is 0 Å². The number of rotatable bonds is 6. The lowest BCUT2D eigenvalue weighted by molar-refractivity contribution is 0.409. The maximum atomic E-state index is 5.50. The second kappa shape index (κ2) is 7.84. The van der Waals surface area contributed by atoms with Gasteiger partial charge in [0.25, 0.3) is 0 Å². The summed E-state index contributed by atoms with van der Waals surface area (Å²) in [6.07, 6.45) is 1.92. The van der Waals surface area contributed by atoms with E-state index in [1.807, 2.05) is 12.1 Å². The van der Waals surface area contributed by atoms with E-state index in [0.717, 1.165) is 48.5 Å². The SMILES string of the molecule is CCN1CCN=C1c1ccccc1CCc1cc(Br)ccc1OC. The minimum atomic E-state index is 0.900. The van der Waals surface area contributed by atoms with Gasteiger partial charge < -0.3 is 9.64 Å². The molecule has 4 heteroatoms. The van der Waals surface area contributed by atoms with Crippen LogP contribution in [0.3, 0.4) is 0 Å². The van der Waals surface area contributed by atoms with Crippen molar-refractivity contribution in [3.05, 3.63) is 63.6 Å². The van der Waals surface area contributed by atoms with Crippen molar-refractivity contribution >= 4 is 21.8 Å². The maximum Gasteiger partial charge on any atom is 0.131 e. The second-order valence-electron chi connectivity index (χ2n) is 5.90. The summed E-state index contributed by atoms with van der Waals surface area (Å²) < 4.78 is 6.59. The zero-order valence-electron chi connectivity index (χ0n) is 14.3. The second-order valence-corrected chi connectivity index (χ2v) is 6.81. The van der Waals surface area contributed by atoms with Crippen LogP contribution in [0.1, 0.15) is 23.6 Å². The van der Waals surface area contributed by atoms with E-state index in [1.165, 1.54) is 16.7 Å². The Morgan fingerprint density at radius 1 is 1.12 bits per heavy atom. The minimum Gasteiger partial charge on any atom is -0.496 e. The van der Waals surface area contributed by atoms with E-state index in [2.05, 4.69) is 58.1 Å². The number of aliphatic imine (C=N–C) groups is 1. The molecule has 1 aliphatic heterocycles. The topological polar surface area (TPSA) is 24.8 Å². The van der Waals surface area contributed by atoms with Gasteiger partial charge in [-0.25, -0.2) is 0 Å². The number of amidine groups is 1. The van der Waals surface area contributed by atoms with Crippen molar-refractivity contribution < 1.29 is 4.74 Å². The number of hydrogen-bond acceptors (Lipinski definition) is 3. The van der Waals surface area contributed by atoms with Gasteiger partial charge in [-0.15, -0.1) is 0 Å². The highest BCUT2D eigenvalue weighted by molar-refractivity contribution is 9.10. The molecule has 0 spiro atoms. The Morgan fingerprint density at radius 2 is 1.92 bits per heavy atom. The number of ether oxygens (including phenoxy) is 1. The lowest BCUT2D eigenvalue weighted by Gasteiger charge is -2.20. The van der Waals surface area contributed by atoms with Gasteiger partial charge in [0.15, 0.2) is 0 Å². The summed E-state index contributed by atoms with van der Waals surface area (Å²) in [7, 11) is 1.73. The third-order valence-corrected chi connectivity index (χ3v) is 4.97. The van der Waals surface area contributed by atoms with Crippen LogP contribution in [-0.2, 0) is 12.8 Å². The Kier molecular flexibility index (Phi) is 5.56. The summed E-state index contributed by atoms with van der Waals surface area (Å²) >= 11 is 3.56. The first-order valence-electron chi connectivity index (χ1n) is 8.43. The number of hydrogen-bond donors (Lipinski definition) is 0. The summed E-state index contributed by atoms with van der Waals surface area (Å²) in [5.74, 6) is 2.10. The molecule has 0 fully saturated rings. The third kappa shape index (κ3) is 3.64. The summed E-state index contributed by atoms with van der Waals surface area (Å²) in [5.41, 5.74) is 3.84. The summed E-state index contributed by atoms with van der Waals surface area (Å²) in [5, 5.41) is 0. The molecular formula is C20H23BrN2O. The van der Waals surface area contributed by atoms with E-state index in [9.17, 15) is 0 Å². The highest BCUT2D eigenvalue weighted by Gasteiger charge is 2.19. The standard InChI is InChI=1S/C20H23BrN2O/c1-3-23-13-12-22-20(23)18-7-5-4-6-15(18)8-9-16-14-17(21)10-11-19(16)24-2/h4-7,10-11,14H,3,8-9,12-13H2,1-2H3. The van der Waals surface area contributed by atoms with Crippen LogP contribution in [0.2, 0.25) is 0 Å². The molecule has 2 aromatic carbocycles. The maximum absolute atomic E-state index is 5.50. The number of nitrogens with zero attached hydrogens (tertiary/aromatic N) is 2. The van der Waals surface area contributed by atoms with Crippen LogP contribution in [0.25, 0.3) is 0 Å². The Hall–Kier alpha value is -1.81. The number of methoxy groups -OCH3 is 1. The third-order valence-electron chi connectivity index (χ3n) is 4.48. The van der Waals surface area contributed by atoms with Crippen LogP contribution in [0, 0.1) is 0 Å². The van der Waals surface area contributed by atoms with Gasteiger partial charge in [0, 0.05) is 23.1 Å². The van der Waals surface area contributed by atoms with Gasteiger partial charge in [-0.2, -0.15) is 0 Å². The fraction of sp³-hybridized carbons (Fsp3) is 0.350. The Morgan fingerprint density at radius 3 is 2.71 bits per heavy atom. The Labute approximate surface area is 152 Å². The fourth-order valence-corrected chi connectivity index (χ4v) is 3.62. The van der Waals surface area contributed by atoms with Crippen LogP contribution in [0.15, 0.2) is 51.9 Å². The average Bonchev–Trinajstić information content (AvgIpc) is 3.09. The van der Waals surface area contributed by atoms with Gasteiger partial charge in [0.1, 0.15) is 11.6 Å². The zero-order valence-corrected chi connectivity index (χ0v) is 15.8. The molecule has 0 saturated carbocycles. The molecule has 0 saturated heterocycles. The number of benzene rings is 2. The van der Waals surface area contributed by atoms with Crippen LogP contribution in [-0.4, -0.2) is 37.5 Å². The molecule has 1 aliphatic rings. The van der Waals surface area contributed by atoms with Crippen LogP contribution >= 0.6 is 15.9 Å². The van der Waals surface area contributed by atoms with Crippen molar-refractivity contribution in [3.63, 3.8) is 0 Å². The summed E-state index contributed by atoms with van der Waals surface area (Å²) in [6.45, 7) is 5.12. The predicted octanol–water partition coefficient (Wildman–Crippen LogP) is 4.33. The smallest absolute Gasteiger partial charge is 0.131 e. The first-order chi connectivity index (χ1) is 11.7. The predicted molar refractivity (Wildman–Crippen MR) is 103 cm³/mol. The fourth-order valence-electron chi connectivity index (χ4n) is 3.21. The molecular weight excluding hydrogens is 364 g/mol. The molecule has 0 atom stereocenters. The largest absolute Gasteiger partial charge is 0.496 e. The quantitative estimate of drug-likeness (QED) is 0.737. The van der Waals surface area contributed by atoms with Crippen LogP contribution in [0.4, 0.5) is 0 Å². The molecule has 0 N–H and O–H groups in total. The minimum absolute atomic E-state index is 0.900. The summed E-state index contributed by atoms with van der Waals surface area (Å²) in [6, 6.07) is 14.8. The normalized spacial score (nSPS) is 14.0. The molecule has 0 aromatic heterocycles. The number of aryl methyl sites for hydroxylation is 2. The molecule has 2 aromatic rings. The monoisotopic (exact) mass is 386 g/mol. The first kappa shape index (κ1) is 17.0. The molecule has 0 radical (unpaired) electrons. The van der Waals surface area contributed by atoms with Crippen LogP contribution in [0.5, 0.6) is 5.75 Å². The first-order valence-corrected chi connectivity index (χ1v) is 9.22. The molecule has 3 nitrogen and oxygen atoms in total. The number of likely N-dealkylation sites (N-methyl/N-ethyl adjacent to an activating group) is 1. The van der Waals surface area contributed by atoms with Crippen molar-refractivity contribution in [3.8, 4) is 5.75 Å². The van der Waals surface area contributed by atoms with E-state index in [4.69, 9.17) is 9.73 Å². The van der Waals surface area contributed by atoms with E-state index in [0.29, 0.717) is 0 Å². The molecule has 126 valence electrons. The summed E-state index contributed by atoms with van der Waals surface area (Å²) in [4.78, 5) is 7.09. The van der Waals surface area contributed by atoms with Gasteiger partial charge in [0.05, 0.1) is 13.7 Å². The molecule has 0 aliphatic carbocycles. The Balaban J connectivity index is 1.83. The van der Waals surface area contributed by atoms with Gasteiger partial charge in [-0.05, 0) is 49.1 Å². The van der Waals surface area contributed by atoms with Gasteiger partial charge >= 0.3 is 0 Å². The molecule has 24 heavy (non-hydrogen) atoms. The van der Waals surface area contributed by atoms with Gasteiger partial charge in [-0.3, -0.25) is 4.99 Å². The zero-order chi connectivity index (χ0) is 16.9. The lowest BCUT2D eigenvalue weighted by atomic mass is 9.98. The highest BCUT2D eigenvalue weighted by atomic mass is 79.9. The lowest BCUT2D eigenvalue weighted by Crippen LogP contribution is -2.28. The van der Waals surface area contributed by atoms with E-state index in [1.54, 1.807) is 7.11 Å². The van der Waals surface area contributed by atoms with Crippen molar-refractivity contribution in [2.24, 2.45) is 4.99 Å². The molecule has 0 unspecified atom stereocenters. The molecule has 0 bridgehead atoms.